The number of rotatable bonds is 6. The summed E-state index contributed by atoms with van der Waals surface area (Å²) in [6.07, 6.45) is 0. The summed E-state index contributed by atoms with van der Waals surface area (Å²) in [5, 5.41) is 17.3. The monoisotopic (exact) mass is 1040 g/mol. The lowest BCUT2D eigenvalue weighted by Gasteiger charge is -2.16. The van der Waals surface area contributed by atoms with Crippen molar-refractivity contribution in [1.29, 1.82) is 0 Å². The average Bonchev–Trinajstić information content (AvgIpc) is 4.35. The number of para-hydroxylation sites is 5. The molecular formula is C78H48N4. The van der Waals surface area contributed by atoms with Crippen LogP contribution in [-0.4, -0.2) is 19.1 Å². The summed E-state index contributed by atoms with van der Waals surface area (Å²) < 4.78 is 4.94. The molecule has 0 bridgehead atoms. The van der Waals surface area contributed by atoms with Crippen molar-refractivity contribution in [2.24, 2.45) is 0 Å². The van der Waals surface area contributed by atoms with Crippen molar-refractivity contribution in [2.45, 2.75) is 0 Å². The van der Waals surface area contributed by atoms with Crippen LogP contribution in [0.3, 0.4) is 0 Å². The van der Waals surface area contributed by atoms with Gasteiger partial charge in [-0.25, -0.2) is 0 Å². The van der Waals surface area contributed by atoms with Crippen LogP contribution in [0, 0.1) is 0 Å². The van der Waals surface area contributed by atoms with Gasteiger partial charge >= 0.3 is 0 Å². The van der Waals surface area contributed by atoms with Crippen LogP contribution in [-0.2, 0) is 0 Å². The predicted octanol–water partition coefficient (Wildman–Crippen LogP) is 21.3. The highest BCUT2D eigenvalue weighted by molar-refractivity contribution is 6.23. The minimum Gasteiger partial charge on any atom is -0.354 e. The molecule has 18 aromatic rings. The summed E-state index contributed by atoms with van der Waals surface area (Å²) in [6.45, 7) is 0. The smallest absolute Gasteiger partial charge is 0.0547 e. The molecular weight excluding hydrogens is 993 g/mol. The maximum Gasteiger partial charge on any atom is 0.0547 e. The first-order chi connectivity index (χ1) is 40.6. The Morgan fingerprint density at radius 3 is 1.37 bits per heavy atom. The van der Waals surface area contributed by atoms with Crippen molar-refractivity contribution in [1.82, 2.24) is 19.1 Å². The molecule has 18 rings (SSSR count). The Kier molecular flexibility index (Phi) is 9.48. The van der Waals surface area contributed by atoms with Crippen LogP contribution in [0.15, 0.2) is 279 Å². The van der Waals surface area contributed by atoms with E-state index in [2.05, 4.69) is 298 Å². The fourth-order valence-electron chi connectivity index (χ4n) is 14.0. The van der Waals surface area contributed by atoms with Gasteiger partial charge in [-0.1, -0.05) is 194 Å². The second-order valence-electron chi connectivity index (χ2n) is 22.1. The van der Waals surface area contributed by atoms with Gasteiger partial charge in [-0.15, -0.1) is 0 Å². The van der Waals surface area contributed by atoms with Gasteiger partial charge in [-0.3, -0.25) is 0 Å². The van der Waals surface area contributed by atoms with Gasteiger partial charge in [0.25, 0.3) is 0 Å². The number of aromatic nitrogens is 4. The van der Waals surface area contributed by atoms with Crippen LogP contribution < -0.4 is 0 Å². The van der Waals surface area contributed by atoms with Gasteiger partial charge < -0.3 is 19.1 Å². The molecule has 0 aliphatic heterocycles. The van der Waals surface area contributed by atoms with Gasteiger partial charge in [-0.05, 0) is 145 Å². The van der Waals surface area contributed by atoms with E-state index < -0.39 is 0 Å². The van der Waals surface area contributed by atoms with E-state index in [1.807, 2.05) is 0 Å². The third kappa shape index (κ3) is 6.61. The Hall–Kier alpha value is -10.9. The number of benzene rings is 14. The second kappa shape index (κ2) is 17.3. The summed E-state index contributed by atoms with van der Waals surface area (Å²) in [6, 6.07) is 103. The molecule has 2 N–H and O–H groups in total. The van der Waals surface area contributed by atoms with Crippen LogP contribution in [0.1, 0.15) is 0 Å². The van der Waals surface area contributed by atoms with Crippen molar-refractivity contribution in [3.8, 4) is 55.9 Å². The molecule has 0 spiro atoms. The van der Waals surface area contributed by atoms with Crippen LogP contribution >= 0.6 is 0 Å². The average molecular weight is 1040 g/mol. The number of H-pyrrole nitrogens is 2. The van der Waals surface area contributed by atoms with E-state index in [1.165, 1.54) is 147 Å². The van der Waals surface area contributed by atoms with Crippen LogP contribution in [0.4, 0.5) is 0 Å². The Morgan fingerprint density at radius 2 is 0.683 bits per heavy atom. The van der Waals surface area contributed by atoms with E-state index in [0.29, 0.717) is 0 Å². The Balaban J connectivity index is 0.737. The molecule has 0 unspecified atom stereocenters. The number of nitrogens with one attached hydrogen (secondary N) is 2. The summed E-state index contributed by atoms with van der Waals surface area (Å²) >= 11 is 0. The predicted molar refractivity (Wildman–Crippen MR) is 348 cm³/mol. The fourth-order valence-corrected chi connectivity index (χ4v) is 14.0. The van der Waals surface area contributed by atoms with E-state index in [1.54, 1.807) is 0 Å². The summed E-state index contributed by atoms with van der Waals surface area (Å²) in [7, 11) is 0. The summed E-state index contributed by atoms with van der Waals surface area (Å²) in [5.74, 6) is 0. The zero-order valence-corrected chi connectivity index (χ0v) is 44.5. The molecule has 0 fully saturated rings. The zero-order chi connectivity index (χ0) is 53.6. The van der Waals surface area contributed by atoms with E-state index in [-0.39, 0.29) is 0 Å². The van der Waals surface area contributed by atoms with Crippen LogP contribution in [0.5, 0.6) is 0 Å². The SMILES string of the molecule is c1cc(-c2ccccc2-n2c3ccccc3c3cc(-c4ccc5cc(-c6cc7c8ccccc8[nH]c7c7ccccc67)ccc5c4)ccc32)cc(-n2c3ccccc3c3ccc(-c4cc5c6ccccc6[nH]c5c5ccccc45)cc32)c1. The van der Waals surface area contributed by atoms with E-state index in [4.69, 9.17) is 0 Å². The minimum absolute atomic E-state index is 1.12. The second-order valence-corrected chi connectivity index (χ2v) is 22.1. The molecule has 0 amide bonds. The summed E-state index contributed by atoms with van der Waals surface area (Å²) in [4.78, 5) is 7.46. The first kappa shape index (κ1) is 45.0. The molecule has 0 saturated heterocycles. The van der Waals surface area contributed by atoms with Gasteiger partial charge in [0.1, 0.15) is 0 Å². The molecule has 4 aromatic heterocycles. The third-order valence-electron chi connectivity index (χ3n) is 17.7. The molecule has 0 aliphatic rings. The van der Waals surface area contributed by atoms with Crippen LogP contribution in [0.25, 0.3) is 175 Å². The Morgan fingerprint density at radius 1 is 0.220 bits per heavy atom. The standard InChI is InChI=1S/C78H48N4/c1-3-25-63-56(19-1)65(45-68-58-21-5-10-27-70(58)79-77(63)68)52-35-34-47-40-48(32-33-49(47)41-52)50-37-39-75-67(43-50)61-24-9-14-31-74(61)82(75)72-29-12-7-18-55(72)51-16-15-17-54(42-51)81-73-30-13-8-23-60(73)62-38-36-53(44-76(62)81)66-46-69-59-22-6-11-28-71(59)80-78(69)64-26-4-2-20-57(64)66/h1-46,79-80H. The number of aromatic amines is 2. The van der Waals surface area contributed by atoms with Crippen molar-refractivity contribution in [2.75, 3.05) is 0 Å². The van der Waals surface area contributed by atoms with E-state index in [0.717, 1.165) is 28.0 Å². The van der Waals surface area contributed by atoms with Crippen molar-refractivity contribution in [3.63, 3.8) is 0 Å². The van der Waals surface area contributed by atoms with Crippen molar-refractivity contribution in [3.05, 3.63) is 279 Å². The molecule has 4 heterocycles. The first-order valence-electron chi connectivity index (χ1n) is 28.3. The van der Waals surface area contributed by atoms with Crippen LogP contribution in [0.2, 0.25) is 0 Å². The fraction of sp³-hybridized carbons (Fsp3) is 0. The number of nitrogens with zero attached hydrogens (tertiary/aromatic N) is 2. The molecule has 0 radical (unpaired) electrons. The minimum atomic E-state index is 1.12. The number of hydrogen-bond acceptors (Lipinski definition) is 0. The first-order valence-corrected chi connectivity index (χ1v) is 28.3. The molecule has 0 aliphatic carbocycles. The quantitative estimate of drug-likeness (QED) is 0.167. The Bertz CT molecular complexity index is 5720. The zero-order valence-electron chi connectivity index (χ0n) is 44.5. The molecule has 4 heteroatoms. The highest BCUT2D eigenvalue weighted by Crippen LogP contribution is 2.44. The third-order valence-corrected chi connectivity index (χ3v) is 17.7. The summed E-state index contributed by atoms with van der Waals surface area (Å²) in [5.41, 5.74) is 21.2. The van der Waals surface area contributed by atoms with Crippen molar-refractivity contribution >= 4 is 120 Å². The number of fused-ring (bicyclic) bond motifs is 17. The molecule has 380 valence electrons. The van der Waals surface area contributed by atoms with Gasteiger partial charge in [0.15, 0.2) is 0 Å². The maximum atomic E-state index is 3.75. The van der Waals surface area contributed by atoms with Gasteiger partial charge in [0.05, 0.1) is 38.8 Å². The normalized spacial score (nSPS) is 12.1. The van der Waals surface area contributed by atoms with Gasteiger partial charge in [-0.2, -0.15) is 0 Å². The Labute approximate surface area is 471 Å². The molecule has 14 aromatic carbocycles. The lowest BCUT2D eigenvalue weighted by atomic mass is 9.93. The highest BCUT2D eigenvalue weighted by atomic mass is 15.0. The number of hydrogen-bond donors (Lipinski definition) is 2. The molecule has 4 nitrogen and oxygen atoms in total. The van der Waals surface area contributed by atoms with Crippen molar-refractivity contribution < 1.29 is 0 Å². The lowest BCUT2D eigenvalue weighted by Crippen LogP contribution is -1.98. The molecule has 0 saturated carbocycles. The van der Waals surface area contributed by atoms with Gasteiger partial charge in [0, 0.05) is 76.1 Å². The van der Waals surface area contributed by atoms with E-state index >= 15 is 0 Å². The largest absolute Gasteiger partial charge is 0.354 e. The highest BCUT2D eigenvalue weighted by Gasteiger charge is 2.21. The molecule has 0 atom stereocenters. The van der Waals surface area contributed by atoms with E-state index in [9.17, 15) is 0 Å². The van der Waals surface area contributed by atoms with Gasteiger partial charge in [0.2, 0.25) is 0 Å². The molecule has 82 heavy (non-hydrogen) atoms. The lowest BCUT2D eigenvalue weighted by molar-refractivity contribution is 1.17. The topological polar surface area (TPSA) is 41.4 Å². The maximum absolute atomic E-state index is 3.75.